The third-order valence-electron chi connectivity index (χ3n) is 4.64. The summed E-state index contributed by atoms with van der Waals surface area (Å²) in [6.07, 6.45) is -0.641. The summed E-state index contributed by atoms with van der Waals surface area (Å²) in [6, 6.07) is 2.14. The Hall–Kier alpha value is -2.95. The second-order valence-corrected chi connectivity index (χ2v) is 6.05. The predicted octanol–water partition coefficient (Wildman–Crippen LogP) is 1.09. The van der Waals surface area contributed by atoms with Crippen molar-refractivity contribution >= 4 is 17.7 Å². The van der Waals surface area contributed by atoms with Gasteiger partial charge in [0.05, 0.1) is 23.2 Å². The fraction of sp³-hybridized carbons (Fsp3) is 0.333. The number of rotatable bonds is 3. The van der Waals surface area contributed by atoms with E-state index in [4.69, 9.17) is 5.21 Å². The molecule has 0 saturated carbocycles. The van der Waals surface area contributed by atoms with Crippen molar-refractivity contribution in [3.8, 4) is 0 Å². The Morgan fingerprint density at radius 3 is 2.38 bits per heavy atom. The highest BCUT2D eigenvalue weighted by Gasteiger charge is 2.53. The maximum absolute atomic E-state index is 12.8. The molecular formula is C15H13F3N6O2. The van der Waals surface area contributed by atoms with Crippen LogP contribution >= 0.6 is 0 Å². The Morgan fingerprint density at radius 1 is 1.15 bits per heavy atom. The molecule has 1 amide bonds. The van der Waals surface area contributed by atoms with Crippen LogP contribution in [0.4, 0.5) is 24.9 Å². The van der Waals surface area contributed by atoms with E-state index in [0.29, 0.717) is 24.9 Å². The number of hydrogen-bond acceptors (Lipinski definition) is 7. The van der Waals surface area contributed by atoms with Crippen molar-refractivity contribution < 1.29 is 23.2 Å². The van der Waals surface area contributed by atoms with Gasteiger partial charge in [0.2, 0.25) is 5.95 Å². The van der Waals surface area contributed by atoms with E-state index in [9.17, 15) is 18.0 Å². The van der Waals surface area contributed by atoms with Crippen LogP contribution in [0.25, 0.3) is 0 Å². The van der Waals surface area contributed by atoms with Crippen molar-refractivity contribution in [3.05, 3.63) is 41.9 Å². The van der Waals surface area contributed by atoms with Gasteiger partial charge in [0.15, 0.2) is 0 Å². The Morgan fingerprint density at radius 2 is 1.81 bits per heavy atom. The van der Waals surface area contributed by atoms with E-state index >= 15 is 0 Å². The number of carbonyl (C=O) groups is 1. The van der Waals surface area contributed by atoms with Crippen molar-refractivity contribution in [2.75, 3.05) is 22.9 Å². The second-order valence-electron chi connectivity index (χ2n) is 6.05. The van der Waals surface area contributed by atoms with Crippen molar-refractivity contribution in [3.63, 3.8) is 0 Å². The summed E-state index contributed by atoms with van der Waals surface area (Å²) in [6.45, 7) is 1.06. The van der Waals surface area contributed by atoms with Gasteiger partial charge >= 0.3 is 6.18 Å². The Balaban J connectivity index is 1.43. The standard InChI is InChI=1S/C15H13F3N6O2/c16-15(17,18)9-1-2-19-12(3-9)23-6-11-10(23)7-24(11)14-20-4-8(5-21-14)13(25)22-26/h1-5,10-11,26H,6-7H2,(H,22,25)/t10?,11-/m0/s1. The van der Waals surface area contributed by atoms with Crippen LogP contribution in [0, 0.1) is 0 Å². The number of nitrogens with zero attached hydrogens (tertiary/aromatic N) is 5. The number of aromatic nitrogens is 3. The van der Waals surface area contributed by atoms with Gasteiger partial charge < -0.3 is 9.80 Å². The fourth-order valence-electron chi connectivity index (χ4n) is 3.15. The first kappa shape index (κ1) is 16.5. The summed E-state index contributed by atoms with van der Waals surface area (Å²) < 4.78 is 38.5. The highest BCUT2D eigenvalue weighted by molar-refractivity contribution is 5.92. The van der Waals surface area contributed by atoms with Crippen LogP contribution in [0.1, 0.15) is 15.9 Å². The number of amides is 1. The molecule has 4 rings (SSSR count). The number of halogens is 3. The van der Waals surface area contributed by atoms with E-state index in [2.05, 4.69) is 15.0 Å². The first-order valence-corrected chi connectivity index (χ1v) is 7.71. The number of nitrogens with one attached hydrogen (secondary N) is 1. The summed E-state index contributed by atoms with van der Waals surface area (Å²) >= 11 is 0. The lowest BCUT2D eigenvalue weighted by atomic mass is 9.86. The zero-order valence-electron chi connectivity index (χ0n) is 13.2. The predicted molar refractivity (Wildman–Crippen MR) is 82.8 cm³/mol. The van der Waals surface area contributed by atoms with Crippen molar-refractivity contribution in [1.29, 1.82) is 0 Å². The van der Waals surface area contributed by atoms with Crippen LogP contribution in [0.3, 0.4) is 0 Å². The quantitative estimate of drug-likeness (QED) is 0.620. The van der Waals surface area contributed by atoms with E-state index in [0.717, 1.165) is 18.3 Å². The molecule has 2 aromatic rings. The number of piperazine rings is 1. The van der Waals surface area contributed by atoms with Crippen LogP contribution in [-0.4, -0.2) is 51.2 Å². The van der Waals surface area contributed by atoms with Gasteiger partial charge in [0.1, 0.15) is 5.82 Å². The third kappa shape index (κ3) is 2.60. The first-order chi connectivity index (χ1) is 12.4. The molecule has 136 valence electrons. The van der Waals surface area contributed by atoms with Crippen LogP contribution in [0.15, 0.2) is 30.7 Å². The lowest BCUT2D eigenvalue weighted by Gasteiger charge is -2.62. The number of fused-ring (bicyclic) bond motifs is 1. The molecule has 11 heteroatoms. The molecule has 2 aliphatic rings. The third-order valence-corrected chi connectivity index (χ3v) is 4.64. The number of alkyl halides is 3. The minimum absolute atomic E-state index is 0.0509. The van der Waals surface area contributed by atoms with Gasteiger partial charge in [-0.05, 0) is 12.1 Å². The molecule has 2 atom stereocenters. The molecule has 4 heterocycles. The van der Waals surface area contributed by atoms with Gasteiger partial charge in [-0.1, -0.05) is 0 Å². The summed E-state index contributed by atoms with van der Waals surface area (Å²) in [5, 5.41) is 8.57. The van der Waals surface area contributed by atoms with Gasteiger partial charge in [-0.15, -0.1) is 0 Å². The number of pyridine rings is 1. The van der Waals surface area contributed by atoms with Gasteiger partial charge in [-0.25, -0.2) is 20.4 Å². The van der Waals surface area contributed by atoms with Crippen molar-refractivity contribution in [1.82, 2.24) is 20.4 Å². The van der Waals surface area contributed by atoms with Gasteiger partial charge in [-0.2, -0.15) is 13.2 Å². The minimum Gasteiger partial charge on any atom is -0.348 e. The summed E-state index contributed by atoms with van der Waals surface area (Å²) in [5.74, 6) is 0.0254. The summed E-state index contributed by atoms with van der Waals surface area (Å²) in [5.41, 5.74) is 0.900. The average Bonchev–Trinajstić information content (AvgIpc) is 2.62. The molecule has 1 unspecified atom stereocenters. The van der Waals surface area contributed by atoms with E-state index < -0.39 is 17.6 Å². The normalized spacial score (nSPS) is 21.5. The highest BCUT2D eigenvalue weighted by atomic mass is 19.4. The second kappa shape index (κ2) is 5.80. The maximum Gasteiger partial charge on any atom is 0.416 e. The number of anilines is 2. The monoisotopic (exact) mass is 366 g/mol. The molecular weight excluding hydrogens is 353 g/mol. The largest absolute Gasteiger partial charge is 0.416 e. The molecule has 2 aromatic heterocycles. The Bertz CT molecular complexity index is 844. The van der Waals surface area contributed by atoms with Crippen LogP contribution in [-0.2, 0) is 6.18 Å². The van der Waals surface area contributed by atoms with Crippen LogP contribution < -0.4 is 15.3 Å². The van der Waals surface area contributed by atoms with E-state index in [-0.39, 0.29) is 17.6 Å². The van der Waals surface area contributed by atoms with E-state index in [1.807, 2.05) is 9.80 Å². The smallest absolute Gasteiger partial charge is 0.348 e. The van der Waals surface area contributed by atoms with Crippen LogP contribution in [0.2, 0.25) is 0 Å². The fourth-order valence-corrected chi connectivity index (χ4v) is 3.15. The molecule has 2 fully saturated rings. The number of hydrogen-bond donors (Lipinski definition) is 2. The highest BCUT2D eigenvalue weighted by Crippen LogP contribution is 2.39. The molecule has 26 heavy (non-hydrogen) atoms. The van der Waals surface area contributed by atoms with Gasteiger partial charge in [0.25, 0.3) is 5.91 Å². The maximum atomic E-state index is 12.8. The van der Waals surface area contributed by atoms with Gasteiger partial charge in [0, 0.05) is 31.7 Å². The average molecular weight is 366 g/mol. The first-order valence-electron chi connectivity index (χ1n) is 7.71. The SMILES string of the molecule is O=C(NO)c1cnc(N2CC3[C@@H]2CN3c2cc(C(F)(F)F)ccn2)nc1. The number of hydroxylamine groups is 1. The van der Waals surface area contributed by atoms with Gasteiger partial charge in [-0.3, -0.25) is 10.0 Å². The van der Waals surface area contributed by atoms with Crippen molar-refractivity contribution in [2.24, 2.45) is 0 Å². The van der Waals surface area contributed by atoms with Crippen molar-refractivity contribution in [2.45, 2.75) is 18.3 Å². The molecule has 8 nitrogen and oxygen atoms in total. The Kier molecular flexibility index (Phi) is 3.68. The Labute approximate surface area is 145 Å². The zero-order chi connectivity index (χ0) is 18.5. The number of carbonyl (C=O) groups excluding carboxylic acids is 1. The van der Waals surface area contributed by atoms with E-state index in [1.165, 1.54) is 17.9 Å². The lowest BCUT2D eigenvalue weighted by Crippen LogP contribution is -2.80. The molecule has 2 N–H and O–H groups in total. The zero-order valence-corrected chi connectivity index (χ0v) is 13.2. The summed E-state index contributed by atoms with van der Waals surface area (Å²) in [7, 11) is 0. The molecule has 2 saturated heterocycles. The summed E-state index contributed by atoms with van der Waals surface area (Å²) in [4.78, 5) is 27.2. The van der Waals surface area contributed by atoms with Crippen LogP contribution in [0.5, 0.6) is 0 Å². The molecule has 0 radical (unpaired) electrons. The topological polar surface area (TPSA) is 94.5 Å². The molecule has 0 bridgehead atoms. The lowest BCUT2D eigenvalue weighted by molar-refractivity contribution is -0.137. The molecule has 0 aliphatic carbocycles. The molecule has 2 aliphatic heterocycles. The molecule has 0 aromatic carbocycles. The molecule has 0 spiro atoms. The van der Waals surface area contributed by atoms with E-state index in [1.54, 1.807) is 0 Å². The minimum atomic E-state index is -4.40.